The molecule has 0 aliphatic rings. The standard InChI is InChI=1S/C12H16ClN3S2/c1-16(7-10-8-17-9-15-10)5-4-14-6-11-2-3-12(13)18-11/h2-3,8-9,14H,4-7H2,1H3. The molecule has 0 aliphatic carbocycles. The van der Waals surface area contributed by atoms with Gasteiger partial charge in [0.05, 0.1) is 15.5 Å². The zero-order chi connectivity index (χ0) is 12.8. The lowest BCUT2D eigenvalue weighted by Crippen LogP contribution is -2.28. The minimum atomic E-state index is 0.854. The van der Waals surface area contributed by atoms with E-state index in [0.29, 0.717) is 0 Å². The molecule has 0 atom stereocenters. The van der Waals surface area contributed by atoms with E-state index in [0.717, 1.165) is 36.2 Å². The Bertz CT molecular complexity index is 456. The summed E-state index contributed by atoms with van der Waals surface area (Å²) in [5.74, 6) is 0. The van der Waals surface area contributed by atoms with Gasteiger partial charge in [0.25, 0.3) is 0 Å². The highest BCUT2D eigenvalue weighted by atomic mass is 35.5. The largest absolute Gasteiger partial charge is 0.311 e. The number of hydrogen-bond acceptors (Lipinski definition) is 5. The molecule has 0 radical (unpaired) electrons. The zero-order valence-electron chi connectivity index (χ0n) is 10.2. The first kappa shape index (κ1) is 14.0. The van der Waals surface area contributed by atoms with Crippen LogP contribution in [-0.2, 0) is 13.1 Å². The predicted octanol–water partition coefficient (Wildman–Crippen LogP) is 3.08. The molecule has 6 heteroatoms. The van der Waals surface area contributed by atoms with E-state index in [4.69, 9.17) is 11.6 Å². The van der Waals surface area contributed by atoms with Crippen LogP contribution in [-0.4, -0.2) is 30.0 Å². The molecular formula is C12H16ClN3S2. The lowest BCUT2D eigenvalue weighted by Gasteiger charge is -2.15. The lowest BCUT2D eigenvalue weighted by atomic mass is 10.4. The highest BCUT2D eigenvalue weighted by Crippen LogP contribution is 2.20. The van der Waals surface area contributed by atoms with Crippen molar-refractivity contribution < 1.29 is 0 Å². The molecule has 2 aromatic heterocycles. The van der Waals surface area contributed by atoms with Gasteiger partial charge in [-0.15, -0.1) is 22.7 Å². The van der Waals surface area contributed by atoms with E-state index < -0.39 is 0 Å². The number of likely N-dealkylation sites (N-methyl/N-ethyl adjacent to an activating group) is 1. The normalized spacial score (nSPS) is 11.3. The number of halogens is 1. The Morgan fingerprint density at radius 1 is 1.44 bits per heavy atom. The SMILES string of the molecule is CN(CCNCc1ccc(Cl)s1)Cc1cscn1. The van der Waals surface area contributed by atoms with Gasteiger partial charge in [0.15, 0.2) is 0 Å². The third-order valence-corrected chi connectivity index (χ3v) is 4.38. The van der Waals surface area contributed by atoms with Gasteiger partial charge in [-0.2, -0.15) is 0 Å². The van der Waals surface area contributed by atoms with E-state index >= 15 is 0 Å². The van der Waals surface area contributed by atoms with Crippen LogP contribution in [0.5, 0.6) is 0 Å². The first-order chi connectivity index (χ1) is 8.74. The summed E-state index contributed by atoms with van der Waals surface area (Å²) in [6.45, 7) is 3.78. The molecule has 0 bridgehead atoms. The fourth-order valence-corrected chi connectivity index (χ4v) is 3.21. The number of aromatic nitrogens is 1. The Balaban J connectivity index is 1.60. The van der Waals surface area contributed by atoms with Crippen LogP contribution < -0.4 is 5.32 Å². The van der Waals surface area contributed by atoms with E-state index in [1.54, 1.807) is 22.7 Å². The predicted molar refractivity (Wildman–Crippen MR) is 79.5 cm³/mol. The Morgan fingerprint density at radius 2 is 2.33 bits per heavy atom. The summed E-state index contributed by atoms with van der Waals surface area (Å²) < 4.78 is 0.854. The fraction of sp³-hybridized carbons (Fsp3) is 0.417. The smallest absolute Gasteiger partial charge is 0.0931 e. The maximum atomic E-state index is 5.88. The van der Waals surface area contributed by atoms with Crippen LogP contribution in [0.1, 0.15) is 10.6 Å². The summed E-state index contributed by atoms with van der Waals surface area (Å²) in [4.78, 5) is 7.83. The molecule has 3 nitrogen and oxygen atoms in total. The van der Waals surface area contributed by atoms with Crippen LogP contribution in [0.3, 0.4) is 0 Å². The van der Waals surface area contributed by atoms with Crippen LogP contribution in [0.2, 0.25) is 4.34 Å². The van der Waals surface area contributed by atoms with Crippen molar-refractivity contribution in [1.82, 2.24) is 15.2 Å². The quantitative estimate of drug-likeness (QED) is 0.797. The van der Waals surface area contributed by atoms with Gasteiger partial charge >= 0.3 is 0 Å². The second-order valence-corrected chi connectivity index (χ2v) is 6.62. The van der Waals surface area contributed by atoms with Crippen molar-refractivity contribution in [2.24, 2.45) is 0 Å². The number of rotatable bonds is 7. The second kappa shape index (κ2) is 7.21. The topological polar surface area (TPSA) is 28.2 Å². The van der Waals surface area contributed by atoms with Gasteiger partial charge in [0.1, 0.15) is 0 Å². The molecule has 0 saturated heterocycles. The number of nitrogens with zero attached hydrogens (tertiary/aromatic N) is 2. The maximum absolute atomic E-state index is 5.88. The second-order valence-electron chi connectivity index (χ2n) is 4.10. The van der Waals surface area contributed by atoms with Crippen LogP contribution >= 0.6 is 34.3 Å². The Labute approximate surface area is 120 Å². The monoisotopic (exact) mass is 301 g/mol. The molecule has 98 valence electrons. The summed E-state index contributed by atoms with van der Waals surface area (Å²) >= 11 is 9.16. The third-order valence-electron chi connectivity index (χ3n) is 2.51. The Morgan fingerprint density at radius 3 is 3.00 bits per heavy atom. The van der Waals surface area contributed by atoms with Crippen molar-refractivity contribution in [3.8, 4) is 0 Å². The minimum absolute atomic E-state index is 0.854. The summed E-state index contributed by atoms with van der Waals surface area (Å²) in [7, 11) is 2.11. The van der Waals surface area contributed by atoms with Gasteiger partial charge in [-0.05, 0) is 19.2 Å². The van der Waals surface area contributed by atoms with Crippen LogP contribution in [0, 0.1) is 0 Å². The molecule has 0 spiro atoms. The Kier molecular flexibility index (Phi) is 5.59. The lowest BCUT2D eigenvalue weighted by molar-refractivity contribution is 0.321. The minimum Gasteiger partial charge on any atom is -0.311 e. The summed E-state index contributed by atoms with van der Waals surface area (Å²) in [5, 5.41) is 5.51. The molecule has 2 heterocycles. The average Bonchev–Trinajstić information content (AvgIpc) is 2.96. The molecule has 0 fully saturated rings. The van der Waals surface area contributed by atoms with Gasteiger partial charge in [0.2, 0.25) is 0 Å². The van der Waals surface area contributed by atoms with Crippen molar-refractivity contribution >= 4 is 34.3 Å². The van der Waals surface area contributed by atoms with Gasteiger partial charge in [-0.25, -0.2) is 4.98 Å². The van der Waals surface area contributed by atoms with Crippen LogP contribution in [0.15, 0.2) is 23.0 Å². The molecule has 0 saturated carbocycles. The van der Waals surface area contributed by atoms with Gasteiger partial charge in [-0.3, -0.25) is 4.90 Å². The molecule has 0 aromatic carbocycles. The van der Waals surface area contributed by atoms with E-state index in [2.05, 4.69) is 33.7 Å². The molecule has 0 aliphatic heterocycles. The molecule has 1 N–H and O–H groups in total. The van der Waals surface area contributed by atoms with E-state index in [1.165, 1.54) is 4.88 Å². The summed E-state index contributed by atoms with van der Waals surface area (Å²) in [6.07, 6.45) is 0. The van der Waals surface area contributed by atoms with E-state index in [9.17, 15) is 0 Å². The van der Waals surface area contributed by atoms with Crippen molar-refractivity contribution in [3.05, 3.63) is 37.9 Å². The van der Waals surface area contributed by atoms with Crippen molar-refractivity contribution in [1.29, 1.82) is 0 Å². The molecular weight excluding hydrogens is 286 g/mol. The molecule has 2 aromatic rings. The molecule has 0 unspecified atom stereocenters. The van der Waals surface area contributed by atoms with Crippen molar-refractivity contribution in [2.45, 2.75) is 13.1 Å². The van der Waals surface area contributed by atoms with Gasteiger partial charge < -0.3 is 5.32 Å². The molecule has 0 amide bonds. The average molecular weight is 302 g/mol. The highest BCUT2D eigenvalue weighted by Gasteiger charge is 2.02. The third kappa shape index (κ3) is 4.66. The van der Waals surface area contributed by atoms with E-state index in [-0.39, 0.29) is 0 Å². The number of nitrogens with one attached hydrogen (secondary N) is 1. The summed E-state index contributed by atoms with van der Waals surface area (Å²) in [6, 6.07) is 4.01. The zero-order valence-corrected chi connectivity index (χ0v) is 12.6. The van der Waals surface area contributed by atoms with Crippen molar-refractivity contribution in [2.75, 3.05) is 20.1 Å². The first-order valence-electron chi connectivity index (χ1n) is 5.74. The van der Waals surface area contributed by atoms with E-state index in [1.807, 2.05) is 11.6 Å². The van der Waals surface area contributed by atoms with Crippen molar-refractivity contribution in [3.63, 3.8) is 0 Å². The Hall–Kier alpha value is -0.460. The maximum Gasteiger partial charge on any atom is 0.0931 e. The summed E-state index contributed by atoms with van der Waals surface area (Å²) in [5.41, 5.74) is 3.02. The number of thiophene rings is 1. The number of thiazole rings is 1. The van der Waals surface area contributed by atoms with Gasteiger partial charge in [-0.1, -0.05) is 11.6 Å². The highest BCUT2D eigenvalue weighted by molar-refractivity contribution is 7.16. The molecule has 2 rings (SSSR count). The first-order valence-corrected chi connectivity index (χ1v) is 7.88. The fourth-order valence-electron chi connectivity index (χ4n) is 1.60. The van der Waals surface area contributed by atoms with Crippen LogP contribution in [0.25, 0.3) is 0 Å². The molecule has 18 heavy (non-hydrogen) atoms. The number of hydrogen-bond donors (Lipinski definition) is 1. The van der Waals surface area contributed by atoms with Gasteiger partial charge in [0, 0.05) is 36.4 Å². The van der Waals surface area contributed by atoms with Crippen LogP contribution in [0.4, 0.5) is 0 Å².